The van der Waals surface area contributed by atoms with Crippen LogP contribution in [0, 0.1) is 11.8 Å². The third kappa shape index (κ3) is 17.8. The van der Waals surface area contributed by atoms with Crippen molar-refractivity contribution in [3.63, 3.8) is 0 Å². The van der Waals surface area contributed by atoms with Crippen LogP contribution in [-0.4, -0.2) is 194 Å². The van der Waals surface area contributed by atoms with Crippen LogP contribution >= 0.6 is 0 Å². The molecule has 2 aromatic carbocycles. The Morgan fingerprint density at radius 1 is 0.575 bits per heavy atom. The first kappa shape index (κ1) is 62.8. The van der Waals surface area contributed by atoms with Crippen molar-refractivity contribution in [2.45, 2.75) is 166 Å². The number of carbonyl (C=O) groups excluding carboxylic acids is 7. The summed E-state index contributed by atoms with van der Waals surface area (Å²) in [6.07, 6.45) is -4.18. The number of cyclic esters (lactones) is 3. The summed E-state index contributed by atoms with van der Waals surface area (Å²) < 4.78 is 61.6. The summed E-state index contributed by atoms with van der Waals surface area (Å²) in [5.41, 5.74) is -1.28. The zero-order valence-corrected chi connectivity index (χ0v) is 48.3. The van der Waals surface area contributed by atoms with Gasteiger partial charge in [-0.3, -0.25) is 19.2 Å². The molecule has 0 aromatic heterocycles. The zero-order valence-electron chi connectivity index (χ0n) is 48.3. The fourth-order valence-corrected chi connectivity index (χ4v) is 10.1. The predicted octanol–water partition coefficient (Wildman–Crippen LogP) is 5.58. The number of hydrogen-bond donors (Lipinski definition) is 2. The Bertz CT molecular complexity index is 2490. The summed E-state index contributed by atoms with van der Waals surface area (Å²) in [7, 11) is 5.37. The number of anilines is 2. The molecule has 2 aliphatic carbocycles. The number of ether oxygens (including phenoxy) is 5. The van der Waals surface area contributed by atoms with E-state index in [9.17, 15) is 33.9 Å². The van der Waals surface area contributed by atoms with E-state index in [1.807, 2.05) is 12.1 Å². The number of aliphatic hydroxyl groups is 1. The molecule has 80 heavy (non-hydrogen) atoms. The van der Waals surface area contributed by atoms with Gasteiger partial charge in [0.15, 0.2) is 24.4 Å². The van der Waals surface area contributed by atoms with Gasteiger partial charge in [-0.25, -0.2) is 23.2 Å². The van der Waals surface area contributed by atoms with Gasteiger partial charge in [-0.1, -0.05) is 56.5 Å². The Morgan fingerprint density at radius 2 is 0.975 bits per heavy atom. The minimum absolute atomic E-state index is 0.0140. The molecule has 442 valence electrons. The second-order valence-electron chi connectivity index (χ2n) is 23.2. The van der Waals surface area contributed by atoms with Crippen molar-refractivity contribution in [1.82, 2.24) is 19.6 Å². The number of rotatable bonds is 16. The molecule has 8 atom stereocenters. The molecule has 2 aromatic rings. The molecule has 21 heteroatoms. The summed E-state index contributed by atoms with van der Waals surface area (Å²) in [5, 5.41) is 12.4. The van der Waals surface area contributed by atoms with Crippen LogP contribution in [0.15, 0.2) is 60.9 Å². The molecular weight excluding hydrogens is 1040 g/mol. The van der Waals surface area contributed by atoms with Crippen molar-refractivity contribution in [2.75, 3.05) is 77.9 Å². The van der Waals surface area contributed by atoms with Gasteiger partial charge in [-0.05, 0) is 102 Å². The Kier molecular flexibility index (Phi) is 21.5. The molecule has 2 N–H and O–H groups in total. The minimum Gasteiger partial charge on any atom is -0.483 e. The number of benzene rings is 2. The lowest BCUT2D eigenvalue weighted by Gasteiger charge is -2.37. The number of halogens is 2. The number of aliphatic hydroxyl groups excluding tert-OH is 1. The Morgan fingerprint density at radius 3 is 1.41 bits per heavy atom. The zero-order chi connectivity index (χ0) is 58.8. The van der Waals surface area contributed by atoms with Gasteiger partial charge >= 0.3 is 17.9 Å². The van der Waals surface area contributed by atoms with Crippen LogP contribution < -0.4 is 10.2 Å². The lowest BCUT2D eigenvalue weighted by atomic mass is 9.97. The summed E-state index contributed by atoms with van der Waals surface area (Å²) in [5.74, 6) is -6.41. The first-order valence-corrected chi connectivity index (χ1v) is 27.9. The maximum absolute atomic E-state index is 15.9. The van der Waals surface area contributed by atoms with Crippen molar-refractivity contribution in [2.24, 2.45) is 11.8 Å². The third-order valence-corrected chi connectivity index (χ3v) is 15.2. The predicted molar refractivity (Wildman–Crippen MR) is 294 cm³/mol. The van der Waals surface area contributed by atoms with E-state index in [2.05, 4.69) is 16.8 Å². The number of nitrogens with one attached hydrogen (secondary N) is 1. The Balaban J connectivity index is 1.41. The first-order chi connectivity index (χ1) is 37.6. The highest BCUT2D eigenvalue weighted by Gasteiger charge is 2.45. The molecule has 2 saturated carbocycles. The fourth-order valence-electron chi connectivity index (χ4n) is 10.1. The highest BCUT2D eigenvalue weighted by atomic mass is 19.1. The van der Waals surface area contributed by atoms with Crippen molar-refractivity contribution in [3.8, 4) is 0 Å². The van der Waals surface area contributed by atoms with Crippen molar-refractivity contribution < 1.29 is 71.1 Å². The average Bonchev–Trinajstić information content (AvgIpc) is 4.37. The van der Waals surface area contributed by atoms with Gasteiger partial charge in [-0.15, -0.1) is 0 Å². The summed E-state index contributed by atoms with van der Waals surface area (Å²) in [6, 6.07) is 8.76. The topological polar surface area (TPSA) is 214 Å². The van der Waals surface area contributed by atoms with Crippen LogP contribution in [0.1, 0.15) is 104 Å². The van der Waals surface area contributed by atoms with Gasteiger partial charge in [0.25, 0.3) is 23.6 Å². The van der Waals surface area contributed by atoms with Crippen LogP contribution in [0.2, 0.25) is 0 Å². The molecule has 0 bridgehead atoms. The number of likely N-dealkylation sites (N-methyl/N-ethyl adjacent to an activating group) is 4. The lowest BCUT2D eigenvalue weighted by molar-refractivity contribution is -0.174. The van der Waals surface area contributed by atoms with Crippen LogP contribution in [0.4, 0.5) is 20.2 Å². The van der Waals surface area contributed by atoms with E-state index in [0.29, 0.717) is 43.1 Å². The van der Waals surface area contributed by atoms with E-state index < -0.39 is 108 Å². The molecule has 2 heterocycles. The van der Waals surface area contributed by atoms with Crippen LogP contribution in [0.3, 0.4) is 0 Å². The van der Waals surface area contributed by atoms with Crippen LogP contribution in [-0.2, 0) is 70.1 Å². The average molecular weight is 1120 g/mol. The quantitative estimate of drug-likeness (QED) is 0.155. The molecule has 19 nitrogen and oxygen atoms in total. The van der Waals surface area contributed by atoms with E-state index in [1.54, 1.807) is 36.4 Å². The van der Waals surface area contributed by atoms with E-state index in [0.717, 1.165) is 46.1 Å². The van der Waals surface area contributed by atoms with Gasteiger partial charge in [0, 0.05) is 84.9 Å². The fraction of sp³-hybridized carbons (Fsp3) is 0.644. The standard InChI is InChI=1S/C59H84F2N6O13/c1-36-47(34-58(4,5)60)65(10)51(69)37(2)78-56(74)46(31-40-14-15-40)64(9)54(72)50(33-42-18-22-44(23-19-42)67-25-28-76-29-26-67)80-57(75)48(35-59(6,7)61)66(11)52(70)38(3)79-55(73)45(30-39-12-13-39)63(8)53(71)49(77-36)32-41-16-20-43(21-17-41)62-24-27-68/h16-23,37-40,45-50,62,68H,1,12-15,24-35H2,2-11H3/t37-,38-,45+,46+,47+,48+,49-,50-/m1/s1. The van der Waals surface area contributed by atoms with Gasteiger partial charge in [0.05, 0.1) is 25.9 Å². The largest absolute Gasteiger partial charge is 0.483 e. The SMILES string of the molecule is C=C1O[C@H](Cc2ccc(NCCO)cc2)C(=O)N(C)[C@@H](CC2CC2)C(=O)O[C@H](C)C(=O)N(C)[C@@H](CC(C)(C)F)C(=O)O[C@H](Cc2ccc(N3CCOCC3)cc2)C(=O)N(C)[C@@H](CC2CC2)C(=O)O[C@H](C)C(=O)N(C)[C@H]1CC(C)(C)F. The first-order valence-electron chi connectivity index (χ1n) is 27.9. The molecule has 2 saturated heterocycles. The molecule has 2 aliphatic heterocycles. The normalized spacial score (nSPS) is 26.4. The van der Waals surface area contributed by atoms with Crippen molar-refractivity contribution in [1.29, 1.82) is 0 Å². The van der Waals surface area contributed by atoms with E-state index in [1.165, 1.54) is 74.6 Å². The monoisotopic (exact) mass is 1120 g/mol. The molecule has 6 rings (SSSR count). The second kappa shape index (κ2) is 27.4. The van der Waals surface area contributed by atoms with Gasteiger partial charge in [0.2, 0.25) is 0 Å². The Labute approximate surface area is 469 Å². The minimum atomic E-state index is -2.09. The van der Waals surface area contributed by atoms with E-state index in [-0.39, 0.29) is 62.9 Å². The molecule has 0 unspecified atom stereocenters. The second-order valence-corrected chi connectivity index (χ2v) is 23.2. The van der Waals surface area contributed by atoms with E-state index >= 15 is 13.6 Å². The molecule has 4 aliphatic rings. The smallest absolute Gasteiger partial charge is 0.329 e. The highest BCUT2D eigenvalue weighted by molar-refractivity contribution is 5.93. The molecule has 4 amide bonds. The molecular formula is C59H84F2N6O13. The van der Waals surface area contributed by atoms with Gasteiger partial charge < -0.3 is 58.6 Å². The number of amides is 4. The number of carbonyl (C=O) groups is 7. The summed E-state index contributed by atoms with van der Waals surface area (Å²) in [4.78, 5) is 109. The number of alkyl halides is 2. The number of hydrogen-bond acceptors (Lipinski definition) is 15. The number of nitrogens with zero attached hydrogens (tertiary/aromatic N) is 5. The van der Waals surface area contributed by atoms with Crippen molar-refractivity contribution >= 4 is 52.9 Å². The van der Waals surface area contributed by atoms with Crippen LogP contribution in [0.5, 0.6) is 0 Å². The number of esters is 3. The van der Waals surface area contributed by atoms with Crippen LogP contribution in [0.25, 0.3) is 0 Å². The maximum Gasteiger partial charge on any atom is 0.329 e. The van der Waals surface area contributed by atoms with Gasteiger partial charge in [0.1, 0.15) is 35.2 Å². The molecule has 0 radical (unpaired) electrons. The lowest BCUT2D eigenvalue weighted by Crippen LogP contribution is -2.54. The molecule has 4 fully saturated rings. The highest BCUT2D eigenvalue weighted by Crippen LogP contribution is 2.37. The van der Waals surface area contributed by atoms with E-state index in [4.69, 9.17) is 23.7 Å². The van der Waals surface area contributed by atoms with Crippen molar-refractivity contribution in [3.05, 3.63) is 72.0 Å². The maximum atomic E-state index is 15.9. The number of morpholine rings is 1. The summed E-state index contributed by atoms with van der Waals surface area (Å²) >= 11 is 0. The Hall–Kier alpha value is -6.35. The molecule has 0 spiro atoms. The third-order valence-electron chi connectivity index (χ3n) is 15.2. The van der Waals surface area contributed by atoms with Gasteiger partial charge in [-0.2, -0.15) is 0 Å². The summed E-state index contributed by atoms with van der Waals surface area (Å²) in [6.45, 7) is 14.4.